The number of aromatic nitrogens is 1. The normalized spacial score (nSPS) is 18.3. The molecule has 24 heavy (non-hydrogen) atoms. The van der Waals surface area contributed by atoms with Crippen molar-refractivity contribution in [3.8, 4) is 0 Å². The Morgan fingerprint density at radius 1 is 1.33 bits per heavy atom. The molecule has 2 aromatic rings. The smallest absolute Gasteiger partial charge is 0.238 e. The molecule has 0 spiro atoms. The highest BCUT2D eigenvalue weighted by Crippen LogP contribution is 2.21. The van der Waals surface area contributed by atoms with E-state index in [-0.39, 0.29) is 11.9 Å². The topological polar surface area (TPSA) is 57.3 Å². The second-order valence-electron chi connectivity index (χ2n) is 6.40. The van der Waals surface area contributed by atoms with E-state index >= 15 is 0 Å². The SMILES string of the molecule is Cc1cc(C)cc(NC(=O)CN2CCNCC2c2cccnc2)c1. The molecule has 5 heteroatoms. The second kappa shape index (κ2) is 7.55. The number of anilines is 1. The Hall–Kier alpha value is -2.24. The van der Waals surface area contributed by atoms with Crippen LogP contribution in [0, 0.1) is 13.8 Å². The van der Waals surface area contributed by atoms with Crippen molar-refractivity contribution in [2.45, 2.75) is 19.9 Å². The fourth-order valence-corrected chi connectivity index (χ4v) is 3.27. The third-order valence-corrected chi connectivity index (χ3v) is 4.28. The minimum atomic E-state index is 0.0239. The maximum absolute atomic E-state index is 12.5. The van der Waals surface area contributed by atoms with Crippen LogP contribution in [0.1, 0.15) is 22.7 Å². The number of hydrogen-bond donors (Lipinski definition) is 2. The highest BCUT2D eigenvalue weighted by molar-refractivity contribution is 5.92. The van der Waals surface area contributed by atoms with Gasteiger partial charge in [0.1, 0.15) is 0 Å². The molecule has 0 bridgehead atoms. The van der Waals surface area contributed by atoms with E-state index in [0.717, 1.165) is 42.0 Å². The molecule has 1 amide bonds. The van der Waals surface area contributed by atoms with Crippen molar-refractivity contribution in [2.75, 3.05) is 31.5 Å². The van der Waals surface area contributed by atoms with Gasteiger partial charge in [0, 0.05) is 43.8 Å². The molecule has 1 aromatic heterocycles. The predicted octanol–water partition coefficient (Wildman–Crippen LogP) is 2.28. The number of nitrogens with one attached hydrogen (secondary N) is 2. The van der Waals surface area contributed by atoms with Crippen LogP contribution in [0.3, 0.4) is 0 Å². The number of amides is 1. The second-order valence-corrected chi connectivity index (χ2v) is 6.40. The van der Waals surface area contributed by atoms with Gasteiger partial charge in [0.25, 0.3) is 0 Å². The van der Waals surface area contributed by atoms with E-state index in [9.17, 15) is 4.79 Å². The fourth-order valence-electron chi connectivity index (χ4n) is 3.27. The lowest BCUT2D eigenvalue weighted by atomic mass is 10.1. The van der Waals surface area contributed by atoms with E-state index in [1.165, 1.54) is 0 Å². The lowest BCUT2D eigenvalue weighted by Gasteiger charge is -2.35. The molecular weight excluding hydrogens is 300 g/mol. The number of aryl methyl sites for hydroxylation is 2. The zero-order chi connectivity index (χ0) is 16.9. The van der Waals surface area contributed by atoms with Gasteiger partial charge in [0.15, 0.2) is 0 Å². The molecule has 2 heterocycles. The summed E-state index contributed by atoms with van der Waals surface area (Å²) < 4.78 is 0. The highest BCUT2D eigenvalue weighted by Gasteiger charge is 2.25. The Morgan fingerprint density at radius 3 is 2.83 bits per heavy atom. The lowest BCUT2D eigenvalue weighted by Crippen LogP contribution is -2.48. The number of pyridine rings is 1. The van der Waals surface area contributed by atoms with E-state index in [1.807, 2.05) is 38.2 Å². The van der Waals surface area contributed by atoms with Crippen LogP contribution in [0.2, 0.25) is 0 Å². The summed E-state index contributed by atoms with van der Waals surface area (Å²) in [6, 6.07) is 10.3. The molecule has 1 aromatic carbocycles. The van der Waals surface area contributed by atoms with Gasteiger partial charge in [-0.05, 0) is 48.7 Å². The Morgan fingerprint density at radius 2 is 2.12 bits per heavy atom. The summed E-state index contributed by atoms with van der Waals surface area (Å²) >= 11 is 0. The predicted molar refractivity (Wildman–Crippen MR) is 96.0 cm³/mol. The molecule has 1 aliphatic heterocycles. The lowest BCUT2D eigenvalue weighted by molar-refractivity contribution is -0.118. The molecular formula is C19H24N4O. The number of benzene rings is 1. The summed E-state index contributed by atoms with van der Waals surface area (Å²) in [5.74, 6) is 0.0239. The Kier molecular flexibility index (Phi) is 5.23. The molecule has 126 valence electrons. The van der Waals surface area contributed by atoms with Gasteiger partial charge in [-0.15, -0.1) is 0 Å². The Balaban J connectivity index is 1.67. The standard InChI is InChI=1S/C19H24N4O/c1-14-8-15(2)10-17(9-14)22-19(24)13-23-7-6-21-12-18(23)16-4-3-5-20-11-16/h3-5,8-11,18,21H,6-7,12-13H2,1-2H3,(H,22,24). The molecule has 0 saturated carbocycles. The molecule has 0 aliphatic carbocycles. The van der Waals surface area contributed by atoms with Crippen molar-refractivity contribution in [3.63, 3.8) is 0 Å². The van der Waals surface area contributed by atoms with Gasteiger partial charge < -0.3 is 10.6 Å². The zero-order valence-corrected chi connectivity index (χ0v) is 14.2. The molecule has 3 rings (SSSR count). The van der Waals surface area contributed by atoms with Gasteiger partial charge in [-0.25, -0.2) is 0 Å². The summed E-state index contributed by atoms with van der Waals surface area (Å²) in [6.45, 7) is 7.04. The fraction of sp³-hybridized carbons (Fsp3) is 0.368. The number of nitrogens with zero attached hydrogens (tertiary/aromatic N) is 2. The molecule has 1 aliphatic rings. The number of carbonyl (C=O) groups excluding carboxylic acids is 1. The van der Waals surface area contributed by atoms with E-state index in [2.05, 4.69) is 32.7 Å². The van der Waals surface area contributed by atoms with Crippen molar-refractivity contribution in [1.29, 1.82) is 0 Å². The molecule has 1 saturated heterocycles. The van der Waals surface area contributed by atoms with E-state index in [0.29, 0.717) is 6.54 Å². The van der Waals surface area contributed by atoms with Crippen molar-refractivity contribution in [2.24, 2.45) is 0 Å². The maximum atomic E-state index is 12.5. The van der Waals surface area contributed by atoms with E-state index < -0.39 is 0 Å². The number of piperazine rings is 1. The Bertz CT molecular complexity index is 682. The first kappa shape index (κ1) is 16.6. The largest absolute Gasteiger partial charge is 0.325 e. The summed E-state index contributed by atoms with van der Waals surface area (Å²) in [5.41, 5.74) is 4.32. The first-order valence-electron chi connectivity index (χ1n) is 8.34. The van der Waals surface area contributed by atoms with Crippen LogP contribution in [0.5, 0.6) is 0 Å². The van der Waals surface area contributed by atoms with E-state index in [4.69, 9.17) is 0 Å². The summed E-state index contributed by atoms with van der Waals surface area (Å²) in [7, 11) is 0. The molecule has 5 nitrogen and oxygen atoms in total. The first-order chi connectivity index (χ1) is 11.6. The van der Waals surface area contributed by atoms with Crippen LogP contribution < -0.4 is 10.6 Å². The molecule has 2 N–H and O–H groups in total. The van der Waals surface area contributed by atoms with Crippen molar-refractivity contribution < 1.29 is 4.79 Å². The average molecular weight is 324 g/mol. The van der Waals surface area contributed by atoms with Crippen LogP contribution in [-0.2, 0) is 4.79 Å². The number of hydrogen-bond acceptors (Lipinski definition) is 4. The average Bonchev–Trinajstić information content (AvgIpc) is 2.55. The minimum Gasteiger partial charge on any atom is -0.325 e. The van der Waals surface area contributed by atoms with Gasteiger partial charge >= 0.3 is 0 Å². The van der Waals surface area contributed by atoms with Crippen LogP contribution in [0.15, 0.2) is 42.7 Å². The van der Waals surface area contributed by atoms with Crippen LogP contribution >= 0.6 is 0 Å². The Labute approximate surface area is 143 Å². The summed E-state index contributed by atoms with van der Waals surface area (Å²) in [6.07, 6.45) is 3.66. The minimum absolute atomic E-state index is 0.0239. The van der Waals surface area contributed by atoms with Crippen LogP contribution in [-0.4, -0.2) is 42.0 Å². The van der Waals surface area contributed by atoms with Crippen LogP contribution in [0.4, 0.5) is 5.69 Å². The third kappa shape index (κ3) is 4.19. The zero-order valence-electron chi connectivity index (χ0n) is 14.2. The molecule has 1 atom stereocenters. The monoisotopic (exact) mass is 324 g/mol. The summed E-state index contributed by atoms with van der Waals surface area (Å²) in [5, 5.41) is 6.43. The molecule has 0 radical (unpaired) electrons. The van der Waals surface area contributed by atoms with Gasteiger partial charge in [-0.2, -0.15) is 0 Å². The van der Waals surface area contributed by atoms with Gasteiger partial charge in [-0.3, -0.25) is 14.7 Å². The third-order valence-electron chi connectivity index (χ3n) is 4.28. The van der Waals surface area contributed by atoms with Crippen molar-refractivity contribution >= 4 is 11.6 Å². The first-order valence-corrected chi connectivity index (χ1v) is 8.34. The van der Waals surface area contributed by atoms with E-state index in [1.54, 1.807) is 6.20 Å². The summed E-state index contributed by atoms with van der Waals surface area (Å²) in [4.78, 5) is 18.9. The number of carbonyl (C=O) groups is 1. The van der Waals surface area contributed by atoms with Gasteiger partial charge in [0.2, 0.25) is 5.91 Å². The van der Waals surface area contributed by atoms with Gasteiger partial charge in [-0.1, -0.05) is 12.1 Å². The quantitative estimate of drug-likeness (QED) is 0.906. The van der Waals surface area contributed by atoms with Crippen molar-refractivity contribution in [3.05, 3.63) is 59.4 Å². The van der Waals surface area contributed by atoms with Crippen LogP contribution in [0.25, 0.3) is 0 Å². The molecule has 1 fully saturated rings. The highest BCUT2D eigenvalue weighted by atomic mass is 16.2. The maximum Gasteiger partial charge on any atom is 0.238 e. The molecule has 1 unspecified atom stereocenters. The van der Waals surface area contributed by atoms with Crippen molar-refractivity contribution in [1.82, 2.24) is 15.2 Å². The van der Waals surface area contributed by atoms with Gasteiger partial charge in [0.05, 0.1) is 6.54 Å². The number of rotatable bonds is 4.